The van der Waals surface area contributed by atoms with Gasteiger partial charge in [-0.3, -0.25) is 9.98 Å². The fourth-order valence-corrected chi connectivity index (χ4v) is 4.57. The number of rotatable bonds is 4. The molecule has 1 heterocycles. The first kappa shape index (κ1) is 17.9. The lowest BCUT2D eigenvalue weighted by molar-refractivity contribution is 0.442. The van der Waals surface area contributed by atoms with Crippen LogP contribution in [0.25, 0.3) is 6.08 Å². The molecule has 0 atom stereocenters. The Morgan fingerprint density at radius 1 is 1.11 bits per heavy atom. The van der Waals surface area contributed by atoms with E-state index < -0.39 is 0 Å². The van der Waals surface area contributed by atoms with E-state index >= 15 is 0 Å². The summed E-state index contributed by atoms with van der Waals surface area (Å²) in [5.41, 5.74) is 7.93. The van der Waals surface area contributed by atoms with Gasteiger partial charge in [-0.25, -0.2) is 0 Å². The smallest absolute Gasteiger partial charge is 0.0522 e. The third-order valence-electron chi connectivity index (χ3n) is 5.96. The Morgan fingerprint density at radius 2 is 2.00 bits per heavy atom. The molecule has 1 aromatic rings. The fourth-order valence-electron chi connectivity index (χ4n) is 4.57. The molecule has 0 N–H and O–H groups in total. The van der Waals surface area contributed by atoms with Crippen LogP contribution >= 0.6 is 0 Å². The first-order valence-electron chi connectivity index (χ1n) is 10.3. The van der Waals surface area contributed by atoms with Crippen molar-refractivity contribution in [3.05, 3.63) is 82.4 Å². The molecular weight excluding hydrogens is 328 g/mol. The second-order valence-electron chi connectivity index (χ2n) is 7.68. The second kappa shape index (κ2) is 8.47. The first-order valence-corrected chi connectivity index (χ1v) is 10.3. The molecule has 2 nitrogen and oxygen atoms in total. The van der Waals surface area contributed by atoms with Gasteiger partial charge in [0.25, 0.3) is 0 Å². The minimum Gasteiger partial charge on any atom is -0.272 e. The van der Waals surface area contributed by atoms with Crippen LogP contribution in [0.1, 0.15) is 67.7 Å². The van der Waals surface area contributed by atoms with E-state index in [4.69, 9.17) is 4.98 Å². The summed E-state index contributed by atoms with van der Waals surface area (Å²) in [5.74, 6) is 0.707. The highest BCUT2D eigenvalue weighted by atomic mass is 14.7. The van der Waals surface area contributed by atoms with Crippen LogP contribution in [0.4, 0.5) is 0 Å². The molecule has 0 aromatic carbocycles. The highest BCUT2D eigenvalue weighted by Gasteiger charge is 2.22. The summed E-state index contributed by atoms with van der Waals surface area (Å²) in [6.07, 6.45) is 27.2. The highest BCUT2D eigenvalue weighted by molar-refractivity contribution is 5.67. The van der Waals surface area contributed by atoms with Crippen molar-refractivity contribution in [2.75, 3.05) is 0 Å². The Balaban J connectivity index is 1.71. The van der Waals surface area contributed by atoms with Gasteiger partial charge in [0, 0.05) is 18.8 Å². The molecule has 0 aliphatic heterocycles. The second-order valence-corrected chi connectivity index (χ2v) is 7.68. The van der Waals surface area contributed by atoms with Gasteiger partial charge >= 0.3 is 0 Å². The Morgan fingerprint density at radius 3 is 2.78 bits per heavy atom. The van der Waals surface area contributed by atoms with Crippen molar-refractivity contribution in [2.45, 2.75) is 57.3 Å². The molecule has 138 valence electrons. The van der Waals surface area contributed by atoms with Crippen LogP contribution in [-0.4, -0.2) is 11.7 Å². The van der Waals surface area contributed by atoms with Gasteiger partial charge in [-0.1, -0.05) is 49.6 Å². The van der Waals surface area contributed by atoms with E-state index in [-0.39, 0.29) is 0 Å². The number of hydrogen-bond donors (Lipinski definition) is 0. The van der Waals surface area contributed by atoms with E-state index in [1.807, 2.05) is 6.20 Å². The van der Waals surface area contributed by atoms with Crippen LogP contribution in [-0.2, 0) is 6.42 Å². The summed E-state index contributed by atoms with van der Waals surface area (Å²) in [4.78, 5) is 8.68. The van der Waals surface area contributed by atoms with Crippen LogP contribution < -0.4 is 0 Å². The number of allylic oxidation sites excluding steroid dienone is 8. The van der Waals surface area contributed by atoms with Crippen molar-refractivity contribution in [1.82, 2.24) is 4.98 Å². The number of fused-ring (bicyclic) bond motifs is 1. The molecule has 0 unspecified atom stereocenters. The van der Waals surface area contributed by atoms with E-state index in [9.17, 15) is 0 Å². The average molecular weight is 357 g/mol. The topological polar surface area (TPSA) is 25.2 Å². The lowest BCUT2D eigenvalue weighted by Gasteiger charge is -2.26. The normalized spacial score (nSPS) is 21.9. The van der Waals surface area contributed by atoms with Crippen molar-refractivity contribution in [3.63, 3.8) is 0 Å². The first-order chi connectivity index (χ1) is 13.4. The quantitative estimate of drug-likeness (QED) is 0.566. The molecule has 3 aliphatic carbocycles. The number of nitrogens with zero attached hydrogens (tertiary/aromatic N) is 2. The maximum absolute atomic E-state index is 4.75. The zero-order chi connectivity index (χ0) is 18.5. The molecule has 0 spiro atoms. The Bertz CT molecular complexity index is 858. The standard InChI is InChI=1S/C25H28N2/c1-26-16-14-22(19-8-4-2-5-9-19)21-12-13-24-23(15-17-27-25(24)18-21)20-10-6-3-7-11-20/h4,8-9,12-17,20H,1-3,5-7,10-11,18H2/b16-14-,22-21+. The maximum atomic E-state index is 4.75. The molecule has 3 aliphatic rings. The van der Waals surface area contributed by atoms with Gasteiger partial charge < -0.3 is 0 Å². The third-order valence-corrected chi connectivity index (χ3v) is 5.96. The molecular formula is C25H28N2. The zero-order valence-electron chi connectivity index (χ0n) is 16.0. The van der Waals surface area contributed by atoms with E-state index in [0.717, 1.165) is 19.3 Å². The predicted molar refractivity (Wildman–Crippen MR) is 115 cm³/mol. The molecule has 1 fully saturated rings. The average Bonchev–Trinajstić information content (AvgIpc) is 2.75. The van der Waals surface area contributed by atoms with Crippen molar-refractivity contribution in [2.24, 2.45) is 4.99 Å². The van der Waals surface area contributed by atoms with Gasteiger partial charge in [-0.2, -0.15) is 0 Å². The summed E-state index contributed by atoms with van der Waals surface area (Å²) in [6, 6.07) is 2.25. The summed E-state index contributed by atoms with van der Waals surface area (Å²) < 4.78 is 0. The van der Waals surface area contributed by atoms with Gasteiger partial charge in [-0.05, 0) is 78.3 Å². The monoisotopic (exact) mass is 356 g/mol. The SMILES string of the molecule is C=N/C=C\C(C1=CCCC=C1)=C1\C=Cc2c(C3CCCCC3)ccnc2C1. The number of pyridine rings is 1. The summed E-state index contributed by atoms with van der Waals surface area (Å²) in [6.45, 7) is 3.59. The summed E-state index contributed by atoms with van der Waals surface area (Å²) in [5, 5.41) is 0. The largest absolute Gasteiger partial charge is 0.272 e. The van der Waals surface area contributed by atoms with E-state index in [0.29, 0.717) is 5.92 Å². The Labute approximate surface area is 162 Å². The van der Waals surface area contributed by atoms with Crippen LogP contribution in [0, 0.1) is 0 Å². The molecule has 0 bridgehead atoms. The minimum absolute atomic E-state index is 0.707. The molecule has 1 aromatic heterocycles. The Hall–Kier alpha value is -2.48. The minimum atomic E-state index is 0.707. The van der Waals surface area contributed by atoms with Crippen LogP contribution in [0.15, 0.2) is 70.6 Å². The van der Waals surface area contributed by atoms with Crippen molar-refractivity contribution >= 4 is 12.8 Å². The highest BCUT2D eigenvalue weighted by Crippen LogP contribution is 2.38. The van der Waals surface area contributed by atoms with Gasteiger partial charge in [0.2, 0.25) is 0 Å². The zero-order valence-corrected chi connectivity index (χ0v) is 16.0. The van der Waals surface area contributed by atoms with E-state index in [1.54, 1.807) is 6.20 Å². The Kier molecular flexibility index (Phi) is 5.62. The fraction of sp³-hybridized carbons (Fsp3) is 0.360. The van der Waals surface area contributed by atoms with E-state index in [1.165, 1.54) is 65.6 Å². The molecule has 1 saturated carbocycles. The molecule has 0 radical (unpaired) electrons. The van der Waals surface area contributed by atoms with Gasteiger partial charge in [0.05, 0.1) is 5.69 Å². The molecule has 0 saturated heterocycles. The predicted octanol–water partition coefficient (Wildman–Crippen LogP) is 6.49. The van der Waals surface area contributed by atoms with Crippen molar-refractivity contribution < 1.29 is 0 Å². The molecule has 0 amide bonds. The number of aromatic nitrogens is 1. The van der Waals surface area contributed by atoms with Gasteiger partial charge in [0.1, 0.15) is 0 Å². The lowest BCUT2D eigenvalue weighted by atomic mass is 9.80. The van der Waals surface area contributed by atoms with Crippen LogP contribution in [0.3, 0.4) is 0 Å². The molecule has 27 heavy (non-hydrogen) atoms. The maximum Gasteiger partial charge on any atom is 0.0522 e. The van der Waals surface area contributed by atoms with Crippen LogP contribution in [0.2, 0.25) is 0 Å². The van der Waals surface area contributed by atoms with E-state index in [2.05, 4.69) is 54.2 Å². The van der Waals surface area contributed by atoms with Gasteiger partial charge in [-0.15, -0.1) is 0 Å². The van der Waals surface area contributed by atoms with Crippen molar-refractivity contribution in [1.29, 1.82) is 0 Å². The van der Waals surface area contributed by atoms with Crippen LogP contribution in [0.5, 0.6) is 0 Å². The molecule has 2 heteroatoms. The molecule has 4 rings (SSSR count). The summed E-state index contributed by atoms with van der Waals surface area (Å²) in [7, 11) is 0. The number of hydrogen-bond acceptors (Lipinski definition) is 2. The third kappa shape index (κ3) is 3.95. The van der Waals surface area contributed by atoms with Crippen molar-refractivity contribution in [3.8, 4) is 0 Å². The number of aliphatic imine (C=N–C) groups is 1. The summed E-state index contributed by atoms with van der Waals surface area (Å²) >= 11 is 0. The lowest BCUT2D eigenvalue weighted by Crippen LogP contribution is -2.11. The van der Waals surface area contributed by atoms with Gasteiger partial charge in [0.15, 0.2) is 0 Å².